The first-order valence-corrected chi connectivity index (χ1v) is 19.4. The van der Waals surface area contributed by atoms with Crippen molar-refractivity contribution in [3.05, 3.63) is 94.2 Å². The van der Waals surface area contributed by atoms with Gasteiger partial charge in [-0.05, 0) is 90.3 Å². The normalized spacial score (nSPS) is 15.8. The van der Waals surface area contributed by atoms with Gasteiger partial charge >= 0.3 is 0 Å². The predicted molar refractivity (Wildman–Crippen MR) is 212 cm³/mol. The highest BCUT2D eigenvalue weighted by molar-refractivity contribution is 5.94. The highest BCUT2D eigenvalue weighted by atomic mass is 16.5. The van der Waals surface area contributed by atoms with Crippen LogP contribution in [0.2, 0.25) is 0 Å². The van der Waals surface area contributed by atoms with Gasteiger partial charge in [0.15, 0.2) is 0 Å². The Morgan fingerprint density at radius 2 is 1.24 bits per heavy atom. The summed E-state index contributed by atoms with van der Waals surface area (Å²) in [6.07, 6.45) is 1.54. The van der Waals surface area contributed by atoms with Gasteiger partial charge in [-0.25, -0.2) is 0 Å². The molecule has 2 atom stereocenters. The van der Waals surface area contributed by atoms with Crippen LogP contribution in [0.15, 0.2) is 64.6 Å². The molecule has 4 aromatic heterocycles. The highest BCUT2D eigenvalue weighted by Gasteiger charge is 2.24. The van der Waals surface area contributed by atoms with Crippen molar-refractivity contribution >= 4 is 33.9 Å². The van der Waals surface area contributed by atoms with Gasteiger partial charge in [-0.2, -0.15) is 20.2 Å². The minimum Gasteiger partial charge on any atom is -0.379 e. The van der Waals surface area contributed by atoms with E-state index in [4.69, 9.17) is 14.7 Å². The average molecular weight is 748 g/mol. The Morgan fingerprint density at radius 3 is 1.82 bits per heavy atom. The van der Waals surface area contributed by atoms with Crippen molar-refractivity contribution < 1.29 is 14.3 Å². The van der Waals surface area contributed by atoms with E-state index in [1.165, 1.54) is 5.56 Å². The molecule has 1 aliphatic heterocycles. The maximum Gasteiger partial charge on any atom is 0.298 e. The van der Waals surface area contributed by atoms with Gasteiger partial charge in [-0.1, -0.05) is 24.3 Å². The van der Waals surface area contributed by atoms with Gasteiger partial charge in [0.1, 0.15) is 11.4 Å². The Hall–Kier alpha value is -5.34. The molecule has 0 unspecified atom stereocenters. The molecule has 0 radical (unpaired) electrons. The average Bonchev–Trinajstić information content (AvgIpc) is 3.92. The van der Waals surface area contributed by atoms with Crippen LogP contribution in [0, 0.1) is 13.8 Å². The molecular weight excluding hydrogens is 695 g/mol. The second-order valence-electron chi connectivity index (χ2n) is 14.7. The largest absolute Gasteiger partial charge is 0.379 e. The Balaban J connectivity index is 1.30. The van der Waals surface area contributed by atoms with Crippen molar-refractivity contribution in [2.45, 2.75) is 86.1 Å². The fraction of sp³-hybridized carbons (Fsp3) is 0.463. The van der Waals surface area contributed by atoms with Crippen LogP contribution in [0.25, 0.3) is 22.1 Å². The summed E-state index contributed by atoms with van der Waals surface area (Å²) >= 11 is 0. The third kappa shape index (κ3) is 7.28. The number of para-hydroxylation sites is 3. The lowest BCUT2D eigenvalue weighted by Crippen LogP contribution is -2.36. The van der Waals surface area contributed by atoms with Crippen LogP contribution < -0.4 is 11.2 Å². The fourth-order valence-electron chi connectivity index (χ4n) is 8.02. The van der Waals surface area contributed by atoms with Crippen molar-refractivity contribution in [2.75, 3.05) is 26.3 Å². The second-order valence-corrected chi connectivity index (χ2v) is 14.7. The number of amides is 2. The van der Waals surface area contributed by atoms with E-state index in [2.05, 4.69) is 68.4 Å². The van der Waals surface area contributed by atoms with Crippen LogP contribution in [0.1, 0.15) is 90.5 Å². The van der Waals surface area contributed by atoms with E-state index in [1.807, 2.05) is 69.1 Å². The van der Waals surface area contributed by atoms with E-state index in [9.17, 15) is 9.59 Å². The number of rotatable bonds is 11. The lowest BCUT2D eigenvalue weighted by Gasteiger charge is -2.27. The first-order valence-electron chi connectivity index (χ1n) is 19.4. The predicted octanol–water partition coefficient (Wildman–Crippen LogP) is 5.24. The molecule has 2 amide bonds. The summed E-state index contributed by atoms with van der Waals surface area (Å²) in [5, 5.41) is 9.00. The molecule has 7 rings (SSSR count). The molecule has 0 bridgehead atoms. The molecule has 1 saturated heterocycles. The number of benzene rings is 2. The van der Waals surface area contributed by atoms with E-state index >= 15 is 0 Å². The molecule has 0 spiro atoms. The number of hydrogen-bond donors (Lipinski definition) is 0. The smallest absolute Gasteiger partial charge is 0.298 e. The summed E-state index contributed by atoms with van der Waals surface area (Å²) in [5.41, 5.74) is 8.97. The number of carbonyl (C=O) groups excluding carboxylic acids is 2. The molecule has 14 heteroatoms. The number of hydrogen-bond acceptors (Lipinski definition) is 6. The molecule has 5 heterocycles. The van der Waals surface area contributed by atoms with Crippen molar-refractivity contribution in [3.63, 3.8) is 0 Å². The summed E-state index contributed by atoms with van der Waals surface area (Å²) in [5.74, 6) is -0.642. The molecule has 1 fully saturated rings. The van der Waals surface area contributed by atoms with Crippen LogP contribution in [-0.2, 0) is 38.5 Å². The van der Waals surface area contributed by atoms with E-state index < -0.39 is 0 Å². The number of fused-ring (bicyclic) bond motifs is 2. The minimum atomic E-state index is -0.322. The van der Waals surface area contributed by atoms with Gasteiger partial charge in [-0.15, -0.1) is 0 Å². The molecule has 0 aliphatic carbocycles. The summed E-state index contributed by atoms with van der Waals surface area (Å²) in [7, 11) is 3.95. The summed E-state index contributed by atoms with van der Waals surface area (Å²) < 4.78 is 17.6. The van der Waals surface area contributed by atoms with Gasteiger partial charge in [0, 0.05) is 58.9 Å². The zero-order valence-electron chi connectivity index (χ0n) is 33.4. The van der Waals surface area contributed by atoms with Crippen LogP contribution in [0.5, 0.6) is 0 Å². The second kappa shape index (κ2) is 15.8. The molecule has 0 N–H and O–H groups in total. The number of morpholine rings is 1. The number of imidazole rings is 2. The molecule has 2 aromatic carbocycles. The summed E-state index contributed by atoms with van der Waals surface area (Å²) in [6, 6.07) is 18.1. The summed E-state index contributed by atoms with van der Waals surface area (Å²) in [6.45, 7) is 17.2. The topological polar surface area (TPSA) is 127 Å². The van der Waals surface area contributed by atoms with Crippen molar-refractivity contribution in [3.8, 4) is 0 Å². The van der Waals surface area contributed by atoms with Gasteiger partial charge < -0.3 is 23.0 Å². The zero-order valence-corrected chi connectivity index (χ0v) is 33.4. The number of nitrogens with zero attached hydrogens (tertiary/aromatic N) is 11. The molecule has 1 aliphatic rings. The van der Waals surface area contributed by atoms with E-state index in [1.54, 1.807) is 15.4 Å². The number of aryl methyl sites for hydroxylation is 6. The number of ether oxygens (including phenoxy) is 1. The first-order chi connectivity index (χ1) is 26.5. The van der Waals surface area contributed by atoms with E-state index in [0.29, 0.717) is 48.9 Å². The van der Waals surface area contributed by atoms with Crippen LogP contribution >= 0.6 is 0 Å². The Kier molecular flexibility index (Phi) is 10.9. The standard InChI is InChI=1S/C41H53N11O3/c1-9-49-35(24-27(3)44-49)38(53)42-40-46(7)32-15-11-12-16-33(32)51(40)29(5)18-19-30(6)52-37-31(26-48-20-22-55-23-21-48)14-13-17-34(37)47(8)41(52)43-39(54)36-25-28(4)45-50(36)10-2/h11-17,24-25,29-30H,9-10,18-23,26H2,1-8H3/t29-,30+/m1/s1. The molecule has 55 heavy (non-hydrogen) atoms. The maximum absolute atomic E-state index is 13.9. The number of carbonyl (C=O) groups is 2. The Bertz CT molecular complexity index is 2510. The highest BCUT2D eigenvalue weighted by Crippen LogP contribution is 2.28. The monoisotopic (exact) mass is 747 g/mol. The van der Waals surface area contributed by atoms with Crippen molar-refractivity contribution in [1.29, 1.82) is 0 Å². The quantitative estimate of drug-likeness (QED) is 0.179. The van der Waals surface area contributed by atoms with Crippen molar-refractivity contribution in [2.24, 2.45) is 24.1 Å². The van der Waals surface area contributed by atoms with Gasteiger partial charge in [-0.3, -0.25) is 23.9 Å². The lowest BCUT2D eigenvalue weighted by atomic mass is 10.1. The van der Waals surface area contributed by atoms with Gasteiger partial charge in [0.05, 0.1) is 46.7 Å². The zero-order chi connectivity index (χ0) is 39.0. The lowest BCUT2D eigenvalue weighted by molar-refractivity contribution is 0.0343. The maximum atomic E-state index is 13.9. The van der Waals surface area contributed by atoms with Crippen LogP contribution in [0.3, 0.4) is 0 Å². The third-order valence-corrected chi connectivity index (χ3v) is 10.9. The summed E-state index contributed by atoms with van der Waals surface area (Å²) in [4.78, 5) is 39.7. The molecule has 14 nitrogen and oxygen atoms in total. The van der Waals surface area contributed by atoms with Crippen LogP contribution in [0.4, 0.5) is 0 Å². The number of aromatic nitrogens is 8. The van der Waals surface area contributed by atoms with Crippen LogP contribution in [-0.4, -0.2) is 80.8 Å². The van der Waals surface area contributed by atoms with E-state index in [-0.39, 0.29) is 23.9 Å². The Morgan fingerprint density at radius 1 is 0.727 bits per heavy atom. The molecule has 0 saturated carbocycles. The molecule has 290 valence electrons. The Labute approximate surface area is 321 Å². The van der Waals surface area contributed by atoms with E-state index in [0.717, 1.165) is 65.9 Å². The minimum absolute atomic E-state index is 0.0229. The van der Waals surface area contributed by atoms with Crippen molar-refractivity contribution in [1.82, 2.24) is 42.7 Å². The third-order valence-electron chi connectivity index (χ3n) is 10.9. The molecule has 6 aromatic rings. The SMILES string of the molecule is CCn1nc(C)cc1C(=O)N=c1n(C)c2ccccc2n1[C@H](C)CC[C@H](C)n1c(=NC(=O)c2cc(C)nn2CC)n(C)c2cccc(CN3CCOCC3)c21. The van der Waals surface area contributed by atoms with Gasteiger partial charge in [0.2, 0.25) is 11.2 Å². The first kappa shape index (κ1) is 38.0. The fourth-order valence-corrected chi connectivity index (χ4v) is 8.02. The molecular formula is C41H53N11O3. The van der Waals surface area contributed by atoms with Gasteiger partial charge in [0.25, 0.3) is 11.8 Å².